The van der Waals surface area contributed by atoms with Crippen molar-refractivity contribution in [3.05, 3.63) is 47.7 Å². The predicted molar refractivity (Wildman–Crippen MR) is 143 cm³/mol. The molecule has 8 atom stereocenters. The quantitative estimate of drug-likeness (QED) is 0.528. The van der Waals surface area contributed by atoms with E-state index >= 15 is 0 Å². The Hall–Kier alpha value is -2.68. The SMILES string of the molecule is COc1ccc(-c2[nH]ncc2C2OC[C@@]3(C)[C@H]4CCC5(C)OC(C6=CCOC6=O)C[C@H]5[C@]4(C)CC[C@H]3O2)cc1. The third kappa shape index (κ3) is 3.75. The number of carbonyl (C=O) groups excluding carboxylic acids is 1. The van der Waals surface area contributed by atoms with E-state index in [1.54, 1.807) is 7.11 Å². The number of cyclic esters (lactones) is 1. The molecule has 3 aliphatic heterocycles. The molecule has 208 valence electrons. The van der Waals surface area contributed by atoms with Gasteiger partial charge in [0.1, 0.15) is 12.4 Å². The first-order chi connectivity index (χ1) is 18.7. The van der Waals surface area contributed by atoms with Crippen molar-refractivity contribution in [3.63, 3.8) is 0 Å². The van der Waals surface area contributed by atoms with Crippen LogP contribution in [0.25, 0.3) is 11.3 Å². The Balaban J connectivity index is 1.12. The highest BCUT2D eigenvalue weighted by atomic mass is 16.7. The van der Waals surface area contributed by atoms with Crippen LogP contribution in [-0.4, -0.2) is 54.3 Å². The number of benzene rings is 1. The van der Waals surface area contributed by atoms with Gasteiger partial charge in [0.2, 0.25) is 0 Å². The van der Waals surface area contributed by atoms with E-state index in [0.29, 0.717) is 30.6 Å². The summed E-state index contributed by atoms with van der Waals surface area (Å²) in [7, 11) is 1.67. The molecule has 7 rings (SSSR count). The van der Waals surface area contributed by atoms with Gasteiger partial charge >= 0.3 is 5.97 Å². The van der Waals surface area contributed by atoms with Crippen LogP contribution in [0.4, 0.5) is 0 Å². The summed E-state index contributed by atoms with van der Waals surface area (Å²) in [5.41, 5.74) is 3.32. The molecule has 0 bridgehead atoms. The zero-order valence-electron chi connectivity index (χ0n) is 23.2. The van der Waals surface area contributed by atoms with Crippen LogP contribution in [-0.2, 0) is 23.7 Å². The fourth-order valence-corrected chi connectivity index (χ4v) is 8.86. The molecule has 39 heavy (non-hydrogen) atoms. The minimum Gasteiger partial charge on any atom is -0.497 e. The van der Waals surface area contributed by atoms with Crippen molar-refractivity contribution in [2.45, 2.75) is 77.0 Å². The second-order valence-electron chi connectivity index (χ2n) is 12.8. The molecular weight excluding hydrogens is 496 g/mol. The number of aromatic nitrogens is 2. The van der Waals surface area contributed by atoms with Crippen LogP contribution in [0.2, 0.25) is 0 Å². The highest BCUT2D eigenvalue weighted by Crippen LogP contribution is 2.67. The molecule has 3 unspecified atom stereocenters. The molecule has 1 aromatic carbocycles. The van der Waals surface area contributed by atoms with Crippen molar-refractivity contribution in [3.8, 4) is 17.0 Å². The molecule has 2 aliphatic carbocycles. The number of ether oxygens (including phenoxy) is 5. The molecule has 4 fully saturated rings. The van der Waals surface area contributed by atoms with Crippen LogP contribution in [0.3, 0.4) is 0 Å². The second kappa shape index (κ2) is 8.91. The normalized spacial score (nSPS) is 41.3. The summed E-state index contributed by atoms with van der Waals surface area (Å²) in [6.45, 7) is 8.08. The number of nitrogens with one attached hydrogen (secondary N) is 1. The highest BCUT2D eigenvalue weighted by Gasteiger charge is 2.66. The third-order valence-corrected chi connectivity index (χ3v) is 10.8. The zero-order chi connectivity index (χ0) is 27.0. The van der Waals surface area contributed by atoms with Gasteiger partial charge in [0.15, 0.2) is 6.29 Å². The van der Waals surface area contributed by atoms with Gasteiger partial charge in [0.25, 0.3) is 0 Å². The van der Waals surface area contributed by atoms with Gasteiger partial charge in [-0.1, -0.05) is 13.8 Å². The minimum atomic E-state index is -0.461. The summed E-state index contributed by atoms with van der Waals surface area (Å²) in [5.74, 6) is 1.41. The number of methoxy groups -OCH3 is 1. The van der Waals surface area contributed by atoms with Crippen LogP contribution < -0.4 is 4.74 Å². The Morgan fingerprint density at radius 1 is 1.05 bits per heavy atom. The molecule has 0 amide bonds. The summed E-state index contributed by atoms with van der Waals surface area (Å²) >= 11 is 0. The van der Waals surface area contributed by atoms with E-state index in [-0.39, 0.29) is 34.6 Å². The molecule has 1 N–H and O–H groups in total. The second-order valence-corrected chi connectivity index (χ2v) is 12.8. The first-order valence-electron chi connectivity index (χ1n) is 14.2. The highest BCUT2D eigenvalue weighted by molar-refractivity contribution is 5.91. The lowest BCUT2D eigenvalue weighted by Gasteiger charge is -2.64. The third-order valence-electron chi connectivity index (χ3n) is 10.8. The number of esters is 1. The van der Waals surface area contributed by atoms with E-state index in [1.807, 2.05) is 36.5 Å². The van der Waals surface area contributed by atoms with E-state index < -0.39 is 6.29 Å². The number of aromatic amines is 1. The lowest BCUT2D eigenvalue weighted by Crippen LogP contribution is -2.63. The number of H-pyrrole nitrogens is 1. The molecule has 8 nitrogen and oxygen atoms in total. The summed E-state index contributed by atoms with van der Waals surface area (Å²) in [5, 5.41) is 7.48. The first-order valence-corrected chi connectivity index (χ1v) is 14.2. The molecule has 2 saturated carbocycles. The van der Waals surface area contributed by atoms with Crippen LogP contribution in [0.5, 0.6) is 5.75 Å². The molecule has 5 aliphatic rings. The van der Waals surface area contributed by atoms with E-state index in [4.69, 9.17) is 23.7 Å². The summed E-state index contributed by atoms with van der Waals surface area (Å²) in [4.78, 5) is 12.3. The number of carbonyl (C=O) groups is 1. The Bertz CT molecular complexity index is 1300. The monoisotopic (exact) mass is 534 g/mol. The minimum absolute atomic E-state index is 0.0829. The number of nitrogens with zero attached hydrogens (tertiary/aromatic N) is 1. The topological polar surface area (TPSA) is 91.9 Å². The van der Waals surface area contributed by atoms with Gasteiger partial charge in [-0.2, -0.15) is 5.10 Å². The van der Waals surface area contributed by atoms with Crippen molar-refractivity contribution in [2.75, 3.05) is 20.3 Å². The maximum atomic E-state index is 12.3. The lowest BCUT2D eigenvalue weighted by atomic mass is 9.44. The van der Waals surface area contributed by atoms with Crippen LogP contribution >= 0.6 is 0 Å². The van der Waals surface area contributed by atoms with Crippen molar-refractivity contribution >= 4 is 5.97 Å². The number of hydrogen-bond donors (Lipinski definition) is 1. The first kappa shape index (κ1) is 25.3. The zero-order valence-corrected chi connectivity index (χ0v) is 23.2. The molecule has 0 radical (unpaired) electrons. The Morgan fingerprint density at radius 3 is 2.62 bits per heavy atom. The molecule has 8 heteroatoms. The van der Waals surface area contributed by atoms with Crippen molar-refractivity contribution in [1.82, 2.24) is 10.2 Å². The standard InChI is InChI=1S/C31H38N2O6/c1-29-12-10-25-30(2,23(29)9-13-31(3)24(29)15-22(39-31)20-11-14-36-27(20)34)17-37-28(38-25)21-16-32-33-26(21)18-5-7-19(35-4)8-6-18/h5-8,11,16,22-25,28H,9-10,12-15,17H2,1-4H3,(H,32,33)/t22?,23-,24-,25+,28?,29+,30-,31?/m0/s1. The largest absolute Gasteiger partial charge is 0.497 e. The molecule has 2 aromatic rings. The van der Waals surface area contributed by atoms with Crippen LogP contribution in [0, 0.1) is 22.7 Å². The van der Waals surface area contributed by atoms with Gasteiger partial charge in [0, 0.05) is 11.0 Å². The van der Waals surface area contributed by atoms with Gasteiger partial charge < -0.3 is 23.7 Å². The number of rotatable bonds is 4. The molecule has 0 spiro atoms. The van der Waals surface area contributed by atoms with E-state index in [2.05, 4.69) is 31.0 Å². The molecule has 4 heterocycles. The summed E-state index contributed by atoms with van der Waals surface area (Å²) < 4.78 is 30.5. The van der Waals surface area contributed by atoms with E-state index in [1.165, 1.54) is 0 Å². The van der Waals surface area contributed by atoms with Gasteiger partial charge in [-0.3, -0.25) is 5.10 Å². The summed E-state index contributed by atoms with van der Waals surface area (Å²) in [6.07, 6.45) is 8.16. The molecule has 2 saturated heterocycles. The fraction of sp³-hybridized carbons (Fsp3) is 0.613. The smallest absolute Gasteiger partial charge is 0.336 e. The number of hydrogen-bond acceptors (Lipinski definition) is 7. The Kier molecular flexibility index (Phi) is 5.78. The van der Waals surface area contributed by atoms with Crippen molar-refractivity contribution in [2.24, 2.45) is 22.7 Å². The van der Waals surface area contributed by atoms with Gasteiger partial charge in [0.05, 0.1) is 54.6 Å². The molecule has 1 aromatic heterocycles. The van der Waals surface area contributed by atoms with Gasteiger partial charge in [-0.05, 0) is 86.6 Å². The van der Waals surface area contributed by atoms with E-state index in [9.17, 15) is 4.79 Å². The van der Waals surface area contributed by atoms with Crippen LogP contribution in [0.15, 0.2) is 42.1 Å². The fourth-order valence-electron chi connectivity index (χ4n) is 8.86. The van der Waals surface area contributed by atoms with Gasteiger partial charge in [-0.15, -0.1) is 0 Å². The summed E-state index contributed by atoms with van der Waals surface area (Å²) in [6, 6.07) is 7.93. The Morgan fingerprint density at radius 2 is 1.87 bits per heavy atom. The lowest BCUT2D eigenvalue weighted by molar-refractivity contribution is -0.314. The maximum Gasteiger partial charge on any atom is 0.336 e. The Labute approximate surface area is 229 Å². The average molecular weight is 535 g/mol. The molecular formula is C31H38N2O6. The maximum absolute atomic E-state index is 12.3. The van der Waals surface area contributed by atoms with Crippen LogP contribution in [0.1, 0.15) is 64.7 Å². The number of fused-ring (bicyclic) bond motifs is 5. The average Bonchev–Trinajstić information content (AvgIpc) is 3.67. The van der Waals surface area contributed by atoms with E-state index in [0.717, 1.165) is 54.7 Å². The van der Waals surface area contributed by atoms with Crippen molar-refractivity contribution in [1.29, 1.82) is 0 Å². The van der Waals surface area contributed by atoms with Crippen molar-refractivity contribution < 1.29 is 28.5 Å². The van der Waals surface area contributed by atoms with Gasteiger partial charge in [-0.25, -0.2) is 4.79 Å². The predicted octanol–water partition coefficient (Wildman–Crippen LogP) is 5.36.